The van der Waals surface area contributed by atoms with E-state index >= 15 is 0 Å². The molecule has 0 unspecified atom stereocenters. The SMILES string of the molecule is C[C@H]1[C@H](NC(=O)c2cnc(-c3cccc(F)c3)s2)C2CCN1CC2. The van der Waals surface area contributed by atoms with E-state index in [-0.39, 0.29) is 17.8 Å². The predicted octanol–water partition coefficient (Wildman–Crippen LogP) is 3.16. The fraction of sp³-hybridized carbons (Fsp3) is 0.444. The monoisotopic (exact) mass is 345 g/mol. The van der Waals surface area contributed by atoms with Crippen LogP contribution in [0.4, 0.5) is 4.39 Å². The van der Waals surface area contributed by atoms with Crippen molar-refractivity contribution in [3.63, 3.8) is 0 Å². The van der Waals surface area contributed by atoms with E-state index in [9.17, 15) is 9.18 Å². The third-order valence-electron chi connectivity index (χ3n) is 5.28. The highest BCUT2D eigenvalue weighted by Crippen LogP contribution is 2.33. The molecule has 5 rings (SSSR count). The number of fused-ring (bicyclic) bond motifs is 3. The second-order valence-electron chi connectivity index (χ2n) is 6.65. The van der Waals surface area contributed by atoms with Crippen LogP contribution in [0, 0.1) is 11.7 Å². The quantitative estimate of drug-likeness (QED) is 0.929. The second kappa shape index (κ2) is 6.26. The van der Waals surface area contributed by atoms with Gasteiger partial charge in [0, 0.05) is 17.6 Å². The zero-order valence-electron chi connectivity index (χ0n) is 13.5. The Morgan fingerprint density at radius 2 is 2.17 bits per heavy atom. The first kappa shape index (κ1) is 15.7. The van der Waals surface area contributed by atoms with Gasteiger partial charge in [0.15, 0.2) is 0 Å². The maximum atomic E-state index is 13.3. The molecule has 24 heavy (non-hydrogen) atoms. The van der Waals surface area contributed by atoms with Crippen molar-refractivity contribution in [2.75, 3.05) is 13.1 Å². The standard InChI is InChI=1S/C18H20FN3OS/c1-11-16(12-5-7-22(11)8-6-12)21-17(23)15-10-20-18(24-15)13-3-2-4-14(19)9-13/h2-4,9-12,16H,5-8H2,1H3,(H,21,23)/t11-,16-/m0/s1. The van der Waals surface area contributed by atoms with Gasteiger partial charge in [-0.2, -0.15) is 0 Å². The number of carbonyl (C=O) groups excluding carboxylic acids is 1. The maximum absolute atomic E-state index is 13.3. The molecule has 2 aromatic rings. The number of benzene rings is 1. The summed E-state index contributed by atoms with van der Waals surface area (Å²) in [5.41, 5.74) is 0.704. The maximum Gasteiger partial charge on any atom is 0.263 e. The van der Waals surface area contributed by atoms with E-state index in [1.807, 2.05) is 0 Å². The largest absolute Gasteiger partial charge is 0.347 e. The number of nitrogens with one attached hydrogen (secondary N) is 1. The number of rotatable bonds is 3. The molecule has 2 atom stereocenters. The zero-order chi connectivity index (χ0) is 16.7. The number of aromatic nitrogens is 1. The number of hydrogen-bond donors (Lipinski definition) is 1. The van der Waals surface area contributed by atoms with Crippen LogP contribution in [-0.4, -0.2) is 41.0 Å². The predicted molar refractivity (Wildman–Crippen MR) is 92.5 cm³/mol. The van der Waals surface area contributed by atoms with Crippen LogP contribution in [0.2, 0.25) is 0 Å². The van der Waals surface area contributed by atoms with E-state index in [0.717, 1.165) is 25.9 Å². The molecular formula is C18H20FN3OS. The Kier molecular flexibility index (Phi) is 4.10. The molecule has 1 aromatic heterocycles. The average Bonchev–Trinajstić information content (AvgIpc) is 3.09. The Bertz CT molecular complexity index is 752. The molecule has 4 heterocycles. The molecule has 126 valence electrons. The highest BCUT2D eigenvalue weighted by molar-refractivity contribution is 7.16. The summed E-state index contributed by atoms with van der Waals surface area (Å²) >= 11 is 1.31. The molecule has 2 bridgehead atoms. The van der Waals surface area contributed by atoms with Crippen molar-refractivity contribution in [2.24, 2.45) is 5.92 Å². The Labute approximate surface area is 144 Å². The Morgan fingerprint density at radius 1 is 1.38 bits per heavy atom. The number of thiazole rings is 1. The van der Waals surface area contributed by atoms with Crippen molar-refractivity contribution in [2.45, 2.75) is 31.8 Å². The van der Waals surface area contributed by atoms with E-state index in [2.05, 4.69) is 22.1 Å². The van der Waals surface area contributed by atoms with Crippen LogP contribution in [0.15, 0.2) is 30.5 Å². The zero-order valence-corrected chi connectivity index (χ0v) is 14.4. The molecule has 3 saturated heterocycles. The van der Waals surface area contributed by atoms with Crippen LogP contribution >= 0.6 is 11.3 Å². The van der Waals surface area contributed by atoms with Crippen LogP contribution in [0.5, 0.6) is 0 Å². The molecule has 3 aliphatic rings. The topological polar surface area (TPSA) is 45.2 Å². The third kappa shape index (κ3) is 2.84. The van der Waals surface area contributed by atoms with E-state index < -0.39 is 0 Å². The molecule has 6 heteroatoms. The lowest BCUT2D eigenvalue weighted by atomic mass is 9.79. The molecule has 1 amide bonds. The highest BCUT2D eigenvalue weighted by Gasteiger charge is 2.40. The molecule has 3 fully saturated rings. The summed E-state index contributed by atoms with van der Waals surface area (Å²) in [5.74, 6) is 0.208. The van der Waals surface area contributed by atoms with Gasteiger partial charge < -0.3 is 5.32 Å². The number of nitrogens with zero attached hydrogens (tertiary/aromatic N) is 2. The van der Waals surface area contributed by atoms with Gasteiger partial charge in [-0.1, -0.05) is 12.1 Å². The van der Waals surface area contributed by atoms with Crippen molar-refractivity contribution in [1.29, 1.82) is 0 Å². The normalized spacial score (nSPS) is 28.8. The average molecular weight is 345 g/mol. The van der Waals surface area contributed by atoms with Gasteiger partial charge in [-0.15, -0.1) is 11.3 Å². The molecular weight excluding hydrogens is 325 g/mol. The summed E-state index contributed by atoms with van der Waals surface area (Å²) in [4.78, 5) is 19.9. The number of hydrogen-bond acceptors (Lipinski definition) is 4. The summed E-state index contributed by atoms with van der Waals surface area (Å²) in [6, 6.07) is 6.90. The van der Waals surface area contributed by atoms with E-state index in [0.29, 0.717) is 27.4 Å². The fourth-order valence-corrected chi connectivity index (χ4v) is 4.72. The lowest BCUT2D eigenvalue weighted by Crippen LogP contribution is -2.62. The van der Waals surface area contributed by atoms with Crippen molar-refractivity contribution in [1.82, 2.24) is 15.2 Å². The highest BCUT2D eigenvalue weighted by atomic mass is 32.1. The Hall–Kier alpha value is -1.79. The van der Waals surface area contributed by atoms with Crippen molar-refractivity contribution in [3.05, 3.63) is 41.2 Å². The molecule has 1 N–H and O–H groups in total. The van der Waals surface area contributed by atoms with Crippen LogP contribution < -0.4 is 5.32 Å². The van der Waals surface area contributed by atoms with E-state index in [1.54, 1.807) is 18.3 Å². The smallest absolute Gasteiger partial charge is 0.263 e. The molecule has 1 aromatic carbocycles. The van der Waals surface area contributed by atoms with Crippen molar-refractivity contribution in [3.8, 4) is 10.6 Å². The van der Waals surface area contributed by atoms with Gasteiger partial charge in [0.05, 0.1) is 6.20 Å². The molecule has 3 aliphatic heterocycles. The van der Waals surface area contributed by atoms with Gasteiger partial charge in [0.1, 0.15) is 15.7 Å². The Balaban J connectivity index is 1.49. The summed E-state index contributed by atoms with van der Waals surface area (Å²) in [5, 5.41) is 3.88. The lowest BCUT2D eigenvalue weighted by molar-refractivity contribution is 0.0218. The van der Waals surface area contributed by atoms with Crippen molar-refractivity contribution < 1.29 is 9.18 Å². The second-order valence-corrected chi connectivity index (χ2v) is 7.68. The van der Waals surface area contributed by atoms with E-state index in [4.69, 9.17) is 0 Å². The summed E-state index contributed by atoms with van der Waals surface area (Å²) in [7, 11) is 0. The molecule has 0 spiro atoms. The van der Waals surface area contributed by atoms with Gasteiger partial charge >= 0.3 is 0 Å². The van der Waals surface area contributed by atoms with Gasteiger partial charge in [-0.25, -0.2) is 9.37 Å². The number of carbonyl (C=O) groups is 1. The lowest BCUT2D eigenvalue weighted by Gasteiger charge is -2.49. The first-order valence-corrected chi connectivity index (χ1v) is 9.20. The van der Waals surface area contributed by atoms with Gasteiger partial charge in [0.25, 0.3) is 5.91 Å². The minimum Gasteiger partial charge on any atom is -0.347 e. The van der Waals surface area contributed by atoms with Gasteiger partial charge in [-0.05, 0) is 50.9 Å². The number of piperidine rings is 3. The molecule has 0 radical (unpaired) electrons. The van der Waals surface area contributed by atoms with Crippen LogP contribution in [0.25, 0.3) is 10.6 Å². The van der Waals surface area contributed by atoms with Gasteiger partial charge in [0.2, 0.25) is 0 Å². The molecule has 0 saturated carbocycles. The van der Waals surface area contributed by atoms with E-state index in [1.165, 1.54) is 23.5 Å². The molecule has 4 nitrogen and oxygen atoms in total. The molecule has 0 aliphatic carbocycles. The van der Waals surface area contributed by atoms with Crippen LogP contribution in [-0.2, 0) is 0 Å². The summed E-state index contributed by atoms with van der Waals surface area (Å²) in [6.07, 6.45) is 3.91. The number of halogens is 1. The van der Waals surface area contributed by atoms with Crippen molar-refractivity contribution >= 4 is 17.2 Å². The van der Waals surface area contributed by atoms with Crippen LogP contribution in [0.1, 0.15) is 29.4 Å². The Morgan fingerprint density at radius 3 is 2.88 bits per heavy atom. The van der Waals surface area contributed by atoms with Gasteiger partial charge in [-0.3, -0.25) is 9.69 Å². The third-order valence-corrected chi connectivity index (χ3v) is 6.32. The first-order valence-electron chi connectivity index (χ1n) is 8.38. The fourth-order valence-electron chi connectivity index (χ4n) is 3.90. The number of amides is 1. The minimum absolute atomic E-state index is 0.0687. The van der Waals surface area contributed by atoms with Crippen LogP contribution in [0.3, 0.4) is 0 Å². The minimum atomic E-state index is -0.296. The summed E-state index contributed by atoms with van der Waals surface area (Å²) in [6.45, 7) is 4.48. The summed E-state index contributed by atoms with van der Waals surface area (Å²) < 4.78 is 13.3. The first-order chi connectivity index (χ1) is 11.6.